The van der Waals surface area contributed by atoms with Crippen LogP contribution in [0.15, 0.2) is 0 Å². The molecule has 0 radical (unpaired) electrons. The molecule has 0 aromatic carbocycles. The van der Waals surface area contributed by atoms with Gasteiger partial charge in [0.2, 0.25) is 0 Å². The van der Waals surface area contributed by atoms with Gasteiger partial charge >= 0.3 is 0 Å². The van der Waals surface area contributed by atoms with Crippen LogP contribution in [0, 0.1) is 5.92 Å². The lowest BCUT2D eigenvalue weighted by atomic mass is 9.97. The van der Waals surface area contributed by atoms with Gasteiger partial charge in [0, 0.05) is 24.9 Å². The predicted molar refractivity (Wildman–Crippen MR) is 66.0 cm³/mol. The number of hydrogen-bond donors (Lipinski definition) is 2. The first kappa shape index (κ1) is 15.8. The Bertz CT molecular complexity index is 290. The van der Waals surface area contributed by atoms with Crippen molar-refractivity contribution in [2.24, 2.45) is 11.7 Å². The molecular weight excluding hydrogens is 228 g/mol. The molecule has 0 heterocycles. The third kappa shape index (κ3) is 5.79. The molecule has 0 aliphatic carbocycles. The average molecular weight is 252 g/mol. The molecule has 0 fully saturated rings. The predicted octanol–water partition coefficient (Wildman–Crippen LogP) is -0.693. The van der Waals surface area contributed by atoms with Gasteiger partial charge in [0.1, 0.15) is 9.84 Å². The maximum absolute atomic E-state index is 11.0. The van der Waals surface area contributed by atoms with E-state index in [1.807, 2.05) is 18.7 Å². The molecule has 2 atom stereocenters. The van der Waals surface area contributed by atoms with Gasteiger partial charge in [0.25, 0.3) is 0 Å². The van der Waals surface area contributed by atoms with Crippen molar-refractivity contribution in [1.29, 1.82) is 0 Å². The first-order valence-electron chi connectivity index (χ1n) is 5.43. The Labute approximate surface area is 98.5 Å². The van der Waals surface area contributed by atoms with Crippen LogP contribution in [0.3, 0.4) is 0 Å². The summed E-state index contributed by atoms with van der Waals surface area (Å²) in [6.07, 6.45) is 1.21. The second-order valence-corrected chi connectivity index (χ2v) is 6.94. The van der Waals surface area contributed by atoms with Crippen molar-refractivity contribution in [3.63, 3.8) is 0 Å². The third-order valence-electron chi connectivity index (χ3n) is 2.78. The summed E-state index contributed by atoms with van der Waals surface area (Å²) in [5.41, 5.74) is 5.96. The molecule has 98 valence electrons. The fourth-order valence-corrected chi connectivity index (χ4v) is 2.09. The van der Waals surface area contributed by atoms with Crippen molar-refractivity contribution >= 4 is 9.84 Å². The fourth-order valence-electron chi connectivity index (χ4n) is 1.47. The molecule has 5 nitrogen and oxygen atoms in total. The summed E-state index contributed by atoms with van der Waals surface area (Å²) >= 11 is 0. The number of aliphatic hydroxyl groups is 1. The molecule has 0 spiro atoms. The lowest BCUT2D eigenvalue weighted by Gasteiger charge is -2.33. The second kappa shape index (κ2) is 6.54. The largest absolute Gasteiger partial charge is 0.395 e. The summed E-state index contributed by atoms with van der Waals surface area (Å²) in [6.45, 7) is 4.31. The zero-order valence-corrected chi connectivity index (χ0v) is 11.4. The van der Waals surface area contributed by atoms with E-state index in [1.54, 1.807) is 7.05 Å². The Morgan fingerprint density at radius 2 is 1.88 bits per heavy atom. The zero-order valence-electron chi connectivity index (χ0n) is 10.5. The summed E-state index contributed by atoms with van der Waals surface area (Å²) in [5.74, 6) is 0.336. The molecule has 0 aliphatic heterocycles. The van der Waals surface area contributed by atoms with Crippen LogP contribution >= 0.6 is 0 Å². The molecule has 0 aromatic rings. The number of nitrogens with two attached hydrogens (primary N) is 1. The molecule has 0 rings (SSSR count). The van der Waals surface area contributed by atoms with E-state index in [0.29, 0.717) is 6.54 Å². The topological polar surface area (TPSA) is 83.6 Å². The quantitative estimate of drug-likeness (QED) is 0.626. The molecule has 0 saturated heterocycles. The maximum Gasteiger partial charge on any atom is 0.148 e. The van der Waals surface area contributed by atoms with Crippen molar-refractivity contribution in [3.8, 4) is 0 Å². The van der Waals surface area contributed by atoms with Crippen molar-refractivity contribution in [1.82, 2.24) is 4.90 Å². The van der Waals surface area contributed by atoms with E-state index in [9.17, 15) is 13.5 Å². The molecule has 2 unspecified atom stereocenters. The van der Waals surface area contributed by atoms with Gasteiger partial charge < -0.3 is 10.8 Å². The van der Waals surface area contributed by atoms with Gasteiger partial charge in [0.15, 0.2) is 0 Å². The summed E-state index contributed by atoms with van der Waals surface area (Å²) in [6, 6.07) is -0.351. The smallest absolute Gasteiger partial charge is 0.148 e. The van der Waals surface area contributed by atoms with E-state index in [-0.39, 0.29) is 30.4 Å². The van der Waals surface area contributed by atoms with E-state index in [0.717, 1.165) is 0 Å². The van der Waals surface area contributed by atoms with Gasteiger partial charge in [-0.3, -0.25) is 4.90 Å². The van der Waals surface area contributed by atoms with Crippen LogP contribution in [0.25, 0.3) is 0 Å². The lowest BCUT2D eigenvalue weighted by Crippen LogP contribution is -2.51. The van der Waals surface area contributed by atoms with E-state index >= 15 is 0 Å². The van der Waals surface area contributed by atoms with E-state index in [1.165, 1.54) is 6.26 Å². The van der Waals surface area contributed by atoms with Gasteiger partial charge in [-0.2, -0.15) is 0 Å². The van der Waals surface area contributed by atoms with Crippen LogP contribution in [-0.4, -0.2) is 62.7 Å². The van der Waals surface area contributed by atoms with Crippen LogP contribution in [0.4, 0.5) is 0 Å². The summed E-state index contributed by atoms with van der Waals surface area (Å²) < 4.78 is 22.1. The Balaban J connectivity index is 4.37. The molecule has 0 aromatic heterocycles. The van der Waals surface area contributed by atoms with Gasteiger partial charge in [-0.05, 0) is 13.0 Å². The molecule has 16 heavy (non-hydrogen) atoms. The van der Waals surface area contributed by atoms with Crippen molar-refractivity contribution in [2.45, 2.75) is 25.9 Å². The Morgan fingerprint density at radius 3 is 2.19 bits per heavy atom. The summed E-state index contributed by atoms with van der Waals surface area (Å²) in [7, 11) is -1.18. The van der Waals surface area contributed by atoms with Gasteiger partial charge in [0.05, 0.1) is 12.4 Å². The molecule has 6 heteroatoms. The number of rotatable bonds is 7. The lowest BCUT2D eigenvalue weighted by molar-refractivity contribution is 0.117. The standard InChI is InChI=1S/C10H24N2O3S/c1-8(2)10(11)9(7-13)12(3)5-6-16(4,14)15/h8-10,13H,5-7,11H2,1-4H3. The minimum atomic E-state index is -2.97. The highest BCUT2D eigenvalue weighted by atomic mass is 32.2. The molecular formula is C10H24N2O3S. The van der Waals surface area contributed by atoms with Gasteiger partial charge in [-0.1, -0.05) is 13.8 Å². The van der Waals surface area contributed by atoms with Gasteiger partial charge in [-0.15, -0.1) is 0 Å². The van der Waals surface area contributed by atoms with Crippen molar-refractivity contribution in [3.05, 3.63) is 0 Å². The first-order chi connectivity index (χ1) is 7.19. The number of nitrogens with zero attached hydrogens (tertiary/aromatic N) is 1. The fraction of sp³-hybridized carbons (Fsp3) is 1.00. The average Bonchev–Trinajstić information content (AvgIpc) is 2.14. The highest BCUT2D eigenvalue weighted by Crippen LogP contribution is 2.09. The first-order valence-corrected chi connectivity index (χ1v) is 7.49. The Morgan fingerprint density at radius 1 is 1.38 bits per heavy atom. The van der Waals surface area contributed by atoms with Crippen molar-refractivity contribution in [2.75, 3.05) is 32.2 Å². The maximum atomic E-state index is 11.0. The molecule has 3 N–H and O–H groups in total. The van der Waals surface area contributed by atoms with E-state index in [4.69, 9.17) is 5.73 Å². The highest BCUT2D eigenvalue weighted by molar-refractivity contribution is 7.90. The third-order valence-corrected chi connectivity index (χ3v) is 3.71. The monoisotopic (exact) mass is 252 g/mol. The van der Waals surface area contributed by atoms with E-state index < -0.39 is 9.84 Å². The number of aliphatic hydroxyl groups excluding tert-OH is 1. The SMILES string of the molecule is CC(C)C(N)C(CO)N(C)CCS(C)(=O)=O. The molecule has 0 amide bonds. The second-order valence-electron chi connectivity index (χ2n) is 4.68. The molecule has 0 bridgehead atoms. The zero-order chi connectivity index (χ0) is 12.9. The van der Waals surface area contributed by atoms with E-state index in [2.05, 4.69) is 0 Å². The summed E-state index contributed by atoms with van der Waals surface area (Å²) in [5, 5.41) is 9.27. The van der Waals surface area contributed by atoms with Crippen LogP contribution in [0.2, 0.25) is 0 Å². The number of likely N-dealkylation sites (N-methyl/N-ethyl adjacent to an activating group) is 1. The van der Waals surface area contributed by atoms with Crippen LogP contribution in [-0.2, 0) is 9.84 Å². The Kier molecular flexibility index (Phi) is 6.47. The normalized spacial score (nSPS) is 16.8. The van der Waals surface area contributed by atoms with Crippen molar-refractivity contribution < 1.29 is 13.5 Å². The summed E-state index contributed by atoms with van der Waals surface area (Å²) in [4.78, 5) is 1.81. The number of sulfone groups is 1. The van der Waals surface area contributed by atoms with Crippen LogP contribution in [0.1, 0.15) is 13.8 Å². The highest BCUT2D eigenvalue weighted by Gasteiger charge is 2.24. The van der Waals surface area contributed by atoms with Crippen LogP contribution in [0.5, 0.6) is 0 Å². The Hall–Kier alpha value is -0.170. The number of hydrogen-bond acceptors (Lipinski definition) is 5. The molecule has 0 saturated carbocycles. The molecule has 0 aliphatic rings. The van der Waals surface area contributed by atoms with Gasteiger partial charge in [-0.25, -0.2) is 8.42 Å². The minimum absolute atomic E-state index is 0.0559. The minimum Gasteiger partial charge on any atom is -0.395 e. The van der Waals surface area contributed by atoms with Crippen LogP contribution < -0.4 is 5.73 Å².